The maximum absolute atomic E-state index is 13.3. The van der Waals surface area contributed by atoms with Crippen LogP contribution in [-0.4, -0.2) is 21.8 Å². The third kappa shape index (κ3) is 2.19. The summed E-state index contributed by atoms with van der Waals surface area (Å²) in [6, 6.07) is 4.79. The topological polar surface area (TPSA) is 42.7 Å². The molecule has 0 aliphatic heterocycles. The lowest BCUT2D eigenvalue weighted by Gasteiger charge is -2.05. The zero-order valence-electron chi connectivity index (χ0n) is 8.31. The molecule has 0 saturated heterocycles. The monoisotopic (exact) mass is 206 g/mol. The van der Waals surface area contributed by atoms with Crippen molar-refractivity contribution in [3.8, 4) is 5.69 Å². The third-order valence-corrected chi connectivity index (χ3v) is 2.01. The molecule has 0 radical (unpaired) electrons. The smallest absolute Gasteiger partial charge is 0.138 e. The Hall–Kier alpha value is -1.75. The van der Waals surface area contributed by atoms with E-state index in [0.717, 1.165) is 5.56 Å². The largest absolute Gasteiger partial charge is 0.316 e. The molecule has 0 spiro atoms. The lowest BCUT2D eigenvalue weighted by Crippen LogP contribution is -2.06. The van der Waals surface area contributed by atoms with Gasteiger partial charge in [0.1, 0.15) is 18.5 Å². The highest BCUT2D eigenvalue weighted by Gasteiger charge is 2.02. The van der Waals surface area contributed by atoms with Gasteiger partial charge in [0.2, 0.25) is 0 Å². The quantitative estimate of drug-likeness (QED) is 0.818. The molecule has 0 aliphatic carbocycles. The molecule has 1 N–H and O–H groups in total. The van der Waals surface area contributed by atoms with Gasteiger partial charge in [-0.1, -0.05) is 0 Å². The summed E-state index contributed by atoms with van der Waals surface area (Å²) in [5.41, 5.74) is 1.56. The molecule has 0 amide bonds. The van der Waals surface area contributed by atoms with E-state index in [4.69, 9.17) is 0 Å². The van der Waals surface area contributed by atoms with Gasteiger partial charge in [0.25, 0.3) is 0 Å². The standard InChI is InChI=1S/C10H11FN4/c1-12-5-8-2-9(11)4-10(3-8)15-7-13-6-14-15/h2-4,6-7,12H,5H2,1H3. The fraction of sp³-hybridized carbons (Fsp3) is 0.200. The first-order valence-corrected chi connectivity index (χ1v) is 4.58. The average Bonchev–Trinajstić information content (AvgIpc) is 2.70. The third-order valence-electron chi connectivity index (χ3n) is 2.01. The van der Waals surface area contributed by atoms with Gasteiger partial charge in [0.05, 0.1) is 5.69 Å². The highest BCUT2D eigenvalue weighted by atomic mass is 19.1. The molecule has 2 rings (SSSR count). The van der Waals surface area contributed by atoms with E-state index in [-0.39, 0.29) is 5.82 Å². The van der Waals surface area contributed by atoms with Gasteiger partial charge >= 0.3 is 0 Å². The molecule has 0 fully saturated rings. The van der Waals surface area contributed by atoms with Crippen molar-refractivity contribution in [2.45, 2.75) is 6.54 Å². The lowest BCUT2D eigenvalue weighted by atomic mass is 10.2. The predicted molar refractivity (Wildman–Crippen MR) is 54.1 cm³/mol. The van der Waals surface area contributed by atoms with Crippen LogP contribution in [0.2, 0.25) is 0 Å². The second-order valence-electron chi connectivity index (χ2n) is 3.19. The Morgan fingerprint density at radius 3 is 2.93 bits per heavy atom. The van der Waals surface area contributed by atoms with Crippen molar-refractivity contribution in [1.29, 1.82) is 0 Å². The van der Waals surface area contributed by atoms with E-state index in [0.29, 0.717) is 12.2 Å². The molecular formula is C10H11FN4. The first kappa shape index (κ1) is 9.79. The minimum atomic E-state index is -0.270. The van der Waals surface area contributed by atoms with Gasteiger partial charge in [0, 0.05) is 6.54 Å². The number of nitrogens with zero attached hydrogens (tertiary/aromatic N) is 3. The highest BCUT2D eigenvalue weighted by Crippen LogP contribution is 2.12. The zero-order chi connectivity index (χ0) is 10.7. The fourth-order valence-corrected chi connectivity index (χ4v) is 1.41. The van der Waals surface area contributed by atoms with Gasteiger partial charge in [-0.3, -0.25) is 0 Å². The van der Waals surface area contributed by atoms with E-state index in [1.807, 2.05) is 13.1 Å². The van der Waals surface area contributed by atoms with Crippen molar-refractivity contribution in [2.75, 3.05) is 7.05 Å². The highest BCUT2D eigenvalue weighted by molar-refractivity contribution is 5.35. The SMILES string of the molecule is CNCc1cc(F)cc(-n2cncn2)c1. The molecule has 1 aromatic carbocycles. The summed E-state index contributed by atoms with van der Waals surface area (Å²) in [4.78, 5) is 3.82. The van der Waals surface area contributed by atoms with Crippen LogP contribution in [-0.2, 0) is 6.54 Å². The van der Waals surface area contributed by atoms with E-state index in [9.17, 15) is 4.39 Å². The summed E-state index contributed by atoms with van der Waals surface area (Å²) >= 11 is 0. The number of hydrogen-bond donors (Lipinski definition) is 1. The summed E-state index contributed by atoms with van der Waals surface area (Å²) in [5, 5.41) is 6.92. The van der Waals surface area contributed by atoms with E-state index in [1.54, 1.807) is 0 Å². The molecule has 0 saturated carbocycles. The van der Waals surface area contributed by atoms with Gasteiger partial charge in [-0.05, 0) is 30.8 Å². The normalized spacial score (nSPS) is 10.5. The molecule has 1 aromatic heterocycles. The van der Waals surface area contributed by atoms with Crippen LogP contribution >= 0.6 is 0 Å². The van der Waals surface area contributed by atoms with Crippen molar-refractivity contribution >= 4 is 0 Å². The summed E-state index contributed by atoms with van der Waals surface area (Å²) < 4.78 is 14.8. The fourth-order valence-electron chi connectivity index (χ4n) is 1.41. The molecule has 0 aliphatic rings. The Bertz CT molecular complexity index is 439. The Morgan fingerprint density at radius 2 is 2.27 bits per heavy atom. The van der Waals surface area contributed by atoms with Crippen molar-refractivity contribution in [3.05, 3.63) is 42.2 Å². The second kappa shape index (κ2) is 4.18. The van der Waals surface area contributed by atoms with Gasteiger partial charge in [-0.2, -0.15) is 5.10 Å². The number of rotatable bonds is 3. The van der Waals surface area contributed by atoms with Gasteiger partial charge in [-0.25, -0.2) is 14.1 Å². The minimum Gasteiger partial charge on any atom is -0.316 e. The number of aromatic nitrogens is 3. The number of hydrogen-bond acceptors (Lipinski definition) is 3. The lowest BCUT2D eigenvalue weighted by molar-refractivity contribution is 0.621. The molecule has 0 unspecified atom stereocenters. The second-order valence-corrected chi connectivity index (χ2v) is 3.19. The maximum atomic E-state index is 13.3. The molecule has 0 bridgehead atoms. The molecule has 0 atom stereocenters. The molecule has 78 valence electrons. The van der Waals surface area contributed by atoms with Crippen molar-refractivity contribution < 1.29 is 4.39 Å². The molecule has 2 aromatic rings. The van der Waals surface area contributed by atoms with Gasteiger partial charge in [0.15, 0.2) is 0 Å². The van der Waals surface area contributed by atoms with E-state index < -0.39 is 0 Å². The molecular weight excluding hydrogens is 195 g/mol. The number of benzene rings is 1. The summed E-state index contributed by atoms with van der Waals surface area (Å²) in [6.07, 6.45) is 2.96. The van der Waals surface area contributed by atoms with Crippen LogP contribution < -0.4 is 5.32 Å². The molecule has 15 heavy (non-hydrogen) atoms. The van der Waals surface area contributed by atoms with Crippen LogP contribution in [0.1, 0.15) is 5.56 Å². The van der Waals surface area contributed by atoms with Gasteiger partial charge in [-0.15, -0.1) is 0 Å². The van der Waals surface area contributed by atoms with Crippen LogP contribution in [0, 0.1) is 5.82 Å². The average molecular weight is 206 g/mol. The Labute approximate surface area is 86.8 Å². The molecule has 1 heterocycles. The zero-order valence-corrected chi connectivity index (χ0v) is 8.31. The van der Waals surface area contributed by atoms with Crippen molar-refractivity contribution in [2.24, 2.45) is 0 Å². The van der Waals surface area contributed by atoms with Crippen LogP contribution in [0.3, 0.4) is 0 Å². The first-order valence-electron chi connectivity index (χ1n) is 4.58. The van der Waals surface area contributed by atoms with Crippen LogP contribution in [0.25, 0.3) is 5.69 Å². The number of halogens is 1. The predicted octanol–water partition coefficient (Wildman–Crippen LogP) is 1.13. The Balaban J connectivity index is 2.40. The van der Waals surface area contributed by atoms with Crippen LogP contribution in [0.4, 0.5) is 4.39 Å². The van der Waals surface area contributed by atoms with E-state index in [1.165, 1.54) is 29.5 Å². The Morgan fingerprint density at radius 1 is 1.40 bits per heavy atom. The minimum absolute atomic E-state index is 0.270. The van der Waals surface area contributed by atoms with E-state index in [2.05, 4.69) is 15.4 Å². The van der Waals surface area contributed by atoms with Crippen molar-refractivity contribution in [1.82, 2.24) is 20.1 Å². The van der Waals surface area contributed by atoms with Crippen LogP contribution in [0.15, 0.2) is 30.9 Å². The maximum Gasteiger partial charge on any atom is 0.138 e. The van der Waals surface area contributed by atoms with Gasteiger partial charge < -0.3 is 5.32 Å². The van der Waals surface area contributed by atoms with Crippen LogP contribution in [0.5, 0.6) is 0 Å². The summed E-state index contributed by atoms with van der Waals surface area (Å²) in [6.45, 7) is 0.624. The first-order chi connectivity index (χ1) is 7.29. The van der Waals surface area contributed by atoms with E-state index >= 15 is 0 Å². The molecule has 4 nitrogen and oxygen atoms in total. The van der Waals surface area contributed by atoms with Crippen molar-refractivity contribution in [3.63, 3.8) is 0 Å². The molecule has 5 heteroatoms. The number of nitrogens with one attached hydrogen (secondary N) is 1. The summed E-state index contributed by atoms with van der Waals surface area (Å²) in [5.74, 6) is -0.270. The Kier molecular flexibility index (Phi) is 2.73. The summed E-state index contributed by atoms with van der Waals surface area (Å²) in [7, 11) is 1.82.